The Kier molecular flexibility index (Phi) is 3.91. The first-order chi connectivity index (χ1) is 10.7. The molecule has 0 amide bonds. The van der Waals surface area contributed by atoms with Gasteiger partial charge in [-0.25, -0.2) is 4.68 Å². The molecule has 0 unspecified atom stereocenters. The summed E-state index contributed by atoms with van der Waals surface area (Å²) in [5.41, 5.74) is 3.04. The summed E-state index contributed by atoms with van der Waals surface area (Å²) in [6, 6.07) is 12.0. The van der Waals surface area contributed by atoms with Gasteiger partial charge in [0.15, 0.2) is 0 Å². The SMILES string of the molecule is Cc1cc(C)n(-c2nncn2/N=C\C=C\c2ccccc2)n1. The molecule has 0 spiro atoms. The van der Waals surface area contributed by atoms with Crippen LogP contribution < -0.4 is 0 Å². The Labute approximate surface area is 128 Å². The van der Waals surface area contributed by atoms with Gasteiger partial charge in [0.1, 0.15) is 6.33 Å². The van der Waals surface area contributed by atoms with E-state index in [-0.39, 0.29) is 0 Å². The van der Waals surface area contributed by atoms with Crippen molar-refractivity contribution in [3.8, 4) is 5.95 Å². The maximum atomic E-state index is 4.39. The van der Waals surface area contributed by atoms with Crippen molar-refractivity contribution >= 4 is 12.3 Å². The Morgan fingerprint density at radius 2 is 1.95 bits per heavy atom. The zero-order valence-corrected chi connectivity index (χ0v) is 12.5. The normalized spacial score (nSPS) is 11.7. The lowest BCUT2D eigenvalue weighted by molar-refractivity contribution is 0.717. The fourth-order valence-corrected chi connectivity index (χ4v) is 2.10. The van der Waals surface area contributed by atoms with Crippen molar-refractivity contribution in [2.45, 2.75) is 13.8 Å². The van der Waals surface area contributed by atoms with E-state index in [1.165, 1.54) is 0 Å². The first-order valence-corrected chi connectivity index (χ1v) is 6.94. The molecular formula is C16H16N6. The van der Waals surface area contributed by atoms with Crippen LogP contribution >= 0.6 is 0 Å². The number of hydrogen-bond acceptors (Lipinski definition) is 4. The summed E-state index contributed by atoms with van der Waals surface area (Å²) in [4.78, 5) is 0. The van der Waals surface area contributed by atoms with Crippen molar-refractivity contribution in [2.24, 2.45) is 5.10 Å². The van der Waals surface area contributed by atoms with Gasteiger partial charge in [0.25, 0.3) is 5.95 Å². The van der Waals surface area contributed by atoms with E-state index < -0.39 is 0 Å². The average Bonchev–Trinajstić information content (AvgIpc) is 3.10. The van der Waals surface area contributed by atoms with Crippen molar-refractivity contribution in [1.82, 2.24) is 24.7 Å². The Morgan fingerprint density at radius 3 is 2.68 bits per heavy atom. The monoisotopic (exact) mass is 292 g/mol. The molecule has 3 rings (SSSR count). The van der Waals surface area contributed by atoms with E-state index in [0.29, 0.717) is 5.95 Å². The van der Waals surface area contributed by atoms with Gasteiger partial charge in [0.05, 0.1) is 5.69 Å². The summed E-state index contributed by atoms with van der Waals surface area (Å²) < 4.78 is 3.31. The standard InChI is InChI=1S/C16H16N6/c1-13-11-14(2)22(20-13)16-19-17-12-21(16)18-10-6-9-15-7-4-3-5-8-15/h3-12H,1-2H3/b9-6+,18-10-. The molecule has 2 heterocycles. The number of nitrogens with zero attached hydrogens (tertiary/aromatic N) is 6. The molecule has 110 valence electrons. The van der Waals surface area contributed by atoms with Crippen LogP contribution in [0, 0.1) is 13.8 Å². The quantitative estimate of drug-likeness (QED) is 0.694. The van der Waals surface area contributed by atoms with Gasteiger partial charge in [-0.05, 0) is 31.6 Å². The minimum atomic E-state index is 0.565. The van der Waals surface area contributed by atoms with Crippen LogP contribution in [0.2, 0.25) is 0 Å². The molecule has 0 fully saturated rings. The van der Waals surface area contributed by atoms with E-state index in [4.69, 9.17) is 0 Å². The first kappa shape index (κ1) is 13.9. The van der Waals surface area contributed by atoms with Crippen molar-refractivity contribution in [1.29, 1.82) is 0 Å². The molecule has 0 aliphatic carbocycles. The van der Waals surface area contributed by atoms with E-state index in [1.807, 2.05) is 62.4 Å². The molecular weight excluding hydrogens is 276 g/mol. The largest absolute Gasteiger partial charge is 0.273 e. The predicted molar refractivity (Wildman–Crippen MR) is 86.0 cm³/mol. The molecule has 0 radical (unpaired) electrons. The number of hydrogen-bond donors (Lipinski definition) is 0. The van der Waals surface area contributed by atoms with Crippen LogP contribution in [0.25, 0.3) is 12.0 Å². The molecule has 0 saturated carbocycles. The first-order valence-electron chi connectivity index (χ1n) is 6.94. The molecule has 0 saturated heterocycles. The number of rotatable bonds is 4. The molecule has 6 nitrogen and oxygen atoms in total. The van der Waals surface area contributed by atoms with Gasteiger partial charge in [-0.2, -0.15) is 14.9 Å². The van der Waals surface area contributed by atoms with Gasteiger partial charge >= 0.3 is 0 Å². The van der Waals surface area contributed by atoms with Gasteiger partial charge < -0.3 is 0 Å². The lowest BCUT2D eigenvalue weighted by Crippen LogP contribution is -2.06. The Morgan fingerprint density at radius 1 is 1.14 bits per heavy atom. The fourth-order valence-electron chi connectivity index (χ4n) is 2.10. The highest BCUT2D eigenvalue weighted by Crippen LogP contribution is 2.09. The third kappa shape index (κ3) is 3.01. The smallest absolute Gasteiger partial charge is 0.202 e. The van der Waals surface area contributed by atoms with E-state index >= 15 is 0 Å². The van der Waals surface area contributed by atoms with E-state index in [2.05, 4.69) is 20.4 Å². The van der Waals surface area contributed by atoms with Crippen LogP contribution in [0.15, 0.2) is 53.9 Å². The zero-order valence-electron chi connectivity index (χ0n) is 12.5. The van der Waals surface area contributed by atoms with Crippen molar-refractivity contribution in [3.05, 3.63) is 65.8 Å². The topological polar surface area (TPSA) is 60.9 Å². The summed E-state index contributed by atoms with van der Waals surface area (Å²) in [6.45, 7) is 3.91. The molecule has 6 heteroatoms. The van der Waals surface area contributed by atoms with Crippen LogP contribution in [0.5, 0.6) is 0 Å². The number of benzene rings is 1. The van der Waals surface area contributed by atoms with Crippen molar-refractivity contribution in [3.63, 3.8) is 0 Å². The third-order valence-electron chi connectivity index (χ3n) is 3.08. The Hall–Kier alpha value is -3.02. The highest BCUT2D eigenvalue weighted by Gasteiger charge is 2.09. The second kappa shape index (κ2) is 6.17. The van der Waals surface area contributed by atoms with Crippen LogP contribution in [0.3, 0.4) is 0 Å². The van der Waals surface area contributed by atoms with Gasteiger partial charge in [0, 0.05) is 11.9 Å². The fraction of sp³-hybridized carbons (Fsp3) is 0.125. The maximum Gasteiger partial charge on any atom is 0.273 e. The summed E-state index contributed by atoms with van der Waals surface area (Å²) in [5.74, 6) is 0.565. The Balaban J connectivity index is 1.80. The lowest BCUT2D eigenvalue weighted by Gasteiger charge is -2.01. The molecule has 2 aromatic heterocycles. The number of aromatic nitrogens is 5. The molecule has 3 aromatic rings. The second-order valence-electron chi connectivity index (χ2n) is 4.85. The summed E-state index contributed by atoms with van der Waals surface area (Å²) >= 11 is 0. The van der Waals surface area contributed by atoms with Crippen LogP contribution in [-0.2, 0) is 0 Å². The van der Waals surface area contributed by atoms with Gasteiger partial charge in [-0.15, -0.1) is 10.2 Å². The molecule has 0 aliphatic rings. The molecule has 0 aliphatic heterocycles. The van der Waals surface area contributed by atoms with Gasteiger partial charge in [0.2, 0.25) is 0 Å². The average molecular weight is 292 g/mol. The predicted octanol–water partition coefficient (Wildman–Crippen LogP) is 2.63. The van der Waals surface area contributed by atoms with Crippen molar-refractivity contribution < 1.29 is 0 Å². The summed E-state index contributed by atoms with van der Waals surface area (Å²) in [5, 5.41) is 16.7. The van der Waals surface area contributed by atoms with Crippen LogP contribution in [0.1, 0.15) is 17.0 Å². The minimum Gasteiger partial charge on any atom is -0.202 e. The number of allylic oxidation sites excluding steroid dienone is 1. The van der Waals surface area contributed by atoms with Crippen LogP contribution in [0.4, 0.5) is 0 Å². The maximum absolute atomic E-state index is 4.39. The van der Waals surface area contributed by atoms with Gasteiger partial charge in [-0.3, -0.25) is 0 Å². The molecule has 0 atom stereocenters. The van der Waals surface area contributed by atoms with E-state index in [9.17, 15) is 0 Å². The molecule has 1 aromatic carbocycles. The van der Waals surface area contributed by atoms with E-state index in [1.54, 1.807) is 21.9 Å². The molecule has 0 N–H and O–H groups in total. The van der Waals surface area contributed by atoms with Crippen molar-refractivity contribution in [2.75, 3.05) is 0 Å². The van der Waals surface area contributed by atoms with Crippen LogP contribution in [-0.4, -0.2) is 30.9 Å². The molecule has 0 bridgehead atoms. The highest BCUT2D eigenvalue weighted by atomic mass is 15.5. The van der Waals surface area contributed by atoms with Gasteiger partial charge in [-0.1, -0.05) is 36.4 Å². The third-order valence-corrected chi connectivity index (χ3v) is 3.08. The number of aryl methyl sites for hydroxylation is 2. The zero-order chi connectivity index (χ0) is 15.4. The lowest BCUT2D eigenvalue weighted by atomic mass is 10.2. The molecule has 22 heavy (non-hydrogen) atoms. The second-order valence-corrected chi connectivity index (χ2v) is 4.85. The Bertz CT molecular complexity index is 810. The highest BCUT2D eigenvalue weighted by molar-refractivity contribution is 5.78. The van der Waals surface area contributed by atoms with E-state index in [0.717, 1.165) is 17.0 Å². The summed E-state index contributed by atoms with van der Waals surface area (Å²) in [6.07, 6.45) is 7.11. The summed E-state index contributed by atoms with van der Waals surface area (Å²) in [7, 11) is 0. The minimum absolute atomic E-state index is 0.565.